The van der Waals surface area contributed by atoms with E-state index < -0.39 is 10.0 Å². The molecule has 0 saturated heterocycles. The number of hydrogen-bond acceptors (Lipinski definition) is 4. The molecule has 0 aliphatic heterocycles. The topological polar surface area (TPSA) is 92.5 Å². The lowest BCUT2D eigenvalue weighted by Crippen LogP contribution is -2.37. The second kappa shape index (κ2) is 10.6. The van der Waals surface area contributed by atoms with Crippen LogP contribution in [0.4, 0.5) is 5.69 Å². The summed E-state index contributed by atoms with van der Waals surface area (Å²) in [6, 6.07) is 13.9. The standard InChI is InChI=1S/C18H22ClN3O3S.ClH/c1-14(23)21-18-8-7-16(13-17(18)19)26(24,25)22(12-10-20)11-9-15-5-3-2-4-6-15;/h2-8,13H,9-12,20H2,1H3,(H,21,23);1H. The van der Waals surface area contributed by atoms with Crippen molar-refractivity contribution >= 4 is 45.6 Å². The van der Waals surface area contributed by atoms with Gasteiger partial charge in [0.05, 0.1) is 15.6 Å². The molecule has 0 heterocycles. The number of carbonyl (C=O) groups is 1. The molecule has 1 amide bonds. The largest absolute Gasteiger partial charge is 0.329 e. The van der Waals surface area contributed by atoms with Gasteiger partial charge in [0.2, 0.25) is 15.9 Å². The summed E-state index contributed by atoms with van der Waals surface area (Å²) in [5.41, 5.74) is 7.02. The zero-order chi connectivity index (χ0) is 19.2. The van der Waals surface area contributed by atoms with Crippen molar-refractivity contribution in [3.05, 3.63) is 59.1 Å². The number of nitrogens with one attached hydrogen (secondary N) is 1. The van der Waals surface area contributed by atoms with Gasteiger partial charge < -0.3 is 11.1 Å². The number of amides is 1. The Balaban J connectivity index is 0.00000364. The first-order chi connectivity index (χ1) is 12.3. The predicted molar refractivity (Wildman–Crippen MR) is 111 cm³/mol. The normalized spacial score (nSPS) is 11.1. The van der Waals surface area contributed by atoms with E-state index in [9.17, 15) is 13.2 Å². The molecule has 0 spiro atoms. The number of nitrogens with two attached hydrogens (primary N) is 1. The molecule has 148 valence electrons. The molecule has 0 bridgehead atoms. The van der Waals surface area contributed by atoms with Crippen LogP contribution in [0.5, 0.6) is 0 Å². The minimum atomic E-state index is -3.74. The molecule has 2 rings (SSSR count). The Bertz CT molecular complexity index is 861. The first-order valence-corrected chi connectivity index (χ1v) is 9.97. The van der Waals surface area contributed by atoms with Gasteiger partial charge in [0, 0.05) is 26.6 Å². The van der Waals surface area contributed by atoms with E-state index in [-0.39, 0.29) is 41.3 Å². The Kier molecular flexibility index (Phi) is 9.21. The van der Waals surface area contributed by atoms with Crippen LogP contribution in [-0.4, -0.2) is 38.3 Å². The van der Waals surface area contributed by atoms with Crippen molar-refractivity contribution in [1.82, 2.24) is 4.31 Å². The Morgan fingerprint density at radius 1 is 1.15 bits per heavy atom. The molecule has 0 aromatic heterocycles. The van der Waals surface area contributed by atoms with Crippen LogP contribution >= 0.6 is 24.0 Å². The molecule has 0 radical (unpaired) electrons. The predicted octanol–water partition coefficient (Wildman–Crippen LogP) is 2.91. The summed E-state index contributed by atoms with van der Waals surface area (Å²) in [7, 11) is -3.74. The number of carbonyl (C=O) groups excluding carboxylic acids is 1. The first kappa shape index (κ1) is 23.4. The van der Waals surface area contributed by atoms with Gasteiger partial charge in [-0.3, -0.25) is 4.79 Å². The van der Waals surface area contributed by atoms with Gasteiger partial charge >= 0.3 is 0 Å². The lowest BCUT2D eigenvalue weighted by atomic mass is 10.1. The zero-order valence-electron chi connectivity index (χ0n) is 14.9. The molecule has 0 saturated carbocycles. The summed E-state index contributed by atoms with van der Waals surface area (Å²) in [6.07, 6.45) is 0.581. The minimum absolute atomic E-state index is 0. The fourth-order valence-electron chi connectivity index (χ4n) is 2.49. The van der Waals surface area contributed by atoms with E-state index in [0.29, 0.717) is 18.7 Å². The Morgan fingerprint density at radius 2 is 1.81 bits per heavy atom. The zero-order valence-corrected chi connectivity index (χ0v) is 17.3. The van der Waals surface area contributed by atoms with Crippen molar-refractivity contribution in [2.75, 3.05) is 25.0 Å². The maximum absolute atomic E-state index is 13.0. The quantitative estimate of drug-likeness (QED) is 0.671. The Labute approximate surface area is 171 Å². The van der Waals surface area contributed by atoms with Crippen molar-refractivity contribution < 1.29 is 13.2 Å². The van der Waals surface area contributed by atoms with Gasteiger partial charge in [-0.15, -0.1) is 12.4 Å². The van der Waals surface area contributed by atoms with Crippen LogP contribution < -0.4 is 11.1 Å². The van der Waals surface area contributed by atoms with Crippen molar-refractivity contribution in [2.24, 2.45) is 5.73 Å². The average molecular weight is 432 g/mol. The third kappa shape index (κ3) is 6.48. The van der Waals surface area contributed by atoms with E-state index in [0.717, 1.165) is 5.56 Å². The van der Waals surface area contributed by atoms with E-state index in [1.807, 2.05) is 30.3 Å². The second-order valence-electron chi connectivity index (χ2n) is 5.75. The molecule has 27 heavy (non-hydrogen) atoms. The van der Waals surface area contributed by atoms with Gasteiger partial charge in [0.25, 0.3) is 0 Å². The Morgan fingerprint density at radius 3 is 2.37 bits per heavy atom. The van der Waals surface area contributed by atoms with Gasteiger partial charge in [-0.2, -0.15) is 4.31 Å². The number of anilines is 1. The summed E-state index contributed by atoms with van der Waals surface area (Å²) >= 11 is 6.11. The lowest BCUT2D eigenvalue weighted by molar-refractivity contribution is -0.114. The van der Waals surface area contributed by atoms with Crippen LogP contribution in [0.15, 0.2) is 53.4 Å². The van der Waals surface area contributed by atoms with Crippen molar-refractivity contribution in [2.45, 2.75) is 18.2 Å². The molecule has 0 aliphatic rings. The Hall–Kier alpha value is -1.64. The molecule has 2 aromatic rings. The second-order valence-corrected chi connectivity index (χ2v) is 8.10. The molecular formula is C18H23Cl2N3O3S. The third-order valence-corrected chi connectivity index (χ3v) is 5.97. The molecule has 0 unspecified atom stereocenters. The summed E-state index contributed by atoms with van der Waals surface area (Å²) in [4.78, 5) is 11.2. The number of benzene rings is 2. The summed E-state index contributed by atoms with van der Waals surface area (Å²) < 4.78 is 27.3. The molecule has 6 nitrogen and oxygen atoms in total. The molecule has 0 atom stereocenters. The molecule has 3 N–H and O–H groups in total. The van der Waals surface area contributed by atoms with Gasteiger partial charge in [-0.05, 0) is 30.2 Å². The average Bonchev–Trinajstić information content (AvgIpc) is 2.60. The summed E-state index contributed by atoms with van der Waals surface area (Å²) in [5.74, 6) is -0.282. The fraction of sp³-hybridized carbons (Fsp3) is 0.278. The van der Waals surface area contributed by atoms with Crippen LogP contribution in [0.25, 0.3) is 0 Å². The van der Waals surface area contributed by atoms with Gasteiger partial charge in [-0.1, -0.05) is 41.9 Å². The maximum Gasteiger partial charge on any atom is 0.243 e. The number of hydrogen-bond donors (Lipinski definition) is 2. The van der Waals surface area contributed by atoms with Crippen LogP contribution in [0.3, 0.4) is 0 Å². The smallest absolute Gasteiger partial charge is 0.243 e. The van der Waals surface area contributed by atoms with Crippen LogP contribution in [0, 0.1) is 0 Å². The number of rotatable bonds is 8. The number of sulfonamides is 1. The highest BCUT2D eigenvalue weighted by Gasteiger charge is 2.24. The van der Waals surface area contributed by atoms with Crippen LogP contribution in [0.1, 0.15) is 12.5 Å². The van der Waals surface area contributed by atoms with E-state index in [2.05, 4.69) is 5.32 Å². The van der Waals surface area contributed by atoms with E-state index in [4.69, 9.17) is 17.3 Å². The number of nitrogens with zero attached hydrogens (tertiary/aromatic N) is 1. The highest BCUT2D eigenvalue weighted by atomic mass is 35.5. The monoisotopic (exact) mass is 431 g/mol. The van der Waals surface area contributed by atoms with Crippen LogP contribution in [0.2, 0.25) is 5.02 Å². The SMILES string of the molecule is CC(=O)Nc1ccc(S(=O)(=O)N(CCN)CCc2ccccc2)cc1Cl.Cl. The molecule has 0 fully saturated rings. The minimum Gasteiger partial charge on any atom is -0.329 e. The maximum atomic E-state index is 13.0. The highest BCUT2D eigenvalue weighted by molar-refractivity contribution is 7.89. The molecule has 2 aromatic carbocycles. The number of halogens is 2. The summed E-state index contributed by atoms with van der Waals surface area (Å²) in [5, 5.41) is 2.72. The van der Waals surface area contributed by atoms with Crippen molar-refractivity contribution in [1.29, 1.82) is 0 Å². The van der Waals surface area contributed by atoms with Crippen molar-refractivity contribution in [3.63, 3.8) is 0 Å². The van der Waals surface area contributed by atoms with Gasteiger partial charge in [0.1, 0.15) is 0 Å². The first-order valence-electron chi connectivity index (χ1n) is 8.16. The molecule has 0 aliphatic carbocycles. The van der Waals surface area contributed by atoms with Crippen molar-refractivity contribution in [3.8, 4) is 0 Å². The summed E-state index contributed by atoms with van der Waals surface area (Å²) in [6.45, 7) is 2.09. The molecular weight excluding hydrogens is 409 g/mol. The van der Waals surface area contributed by atoms with E-state index in [1.165, 1.54) is 29.4 Å². The lowest BCUT2D eigenvalue weighted by Gasteiger charge is -2.22. The van der Waals surface area contributed by atoms with E-state index in [1.54, 1.807) is 0 Å². The fourth-order valence-corrected chi connectivity index (χ4v) is 4.27. The van der Waals surface area contributed by atoms with E-state index >= 15 is 0 Å². The van der Waals surface area contributed by atoms with Gasteiger partial charge in [-0.25, -0.2) is 8.42 Å². The van der Waals surface area contributed by atoms with Crippen LogP contribution in [-0.2, 0) is 21.2 Å². The molecule has 9 heteroatoms. The third-order valence-electron chi connectivity index (χ3n) is 3.76. The van der Waals surface area contributed by atoms with Gasteiger partial charge in [0.15, 0.2) is 0 Å². The highest BCUT2D eigenvalue weighted by Crippen LogP contribution is 2.27.